The molecule has 0 saturated carbocycles. The molecule has 1 aromatic carbocycles. The van der Waals surface area contributed by atoms with Crippen LogP contribution in [0.4, 0.5) is 5.13 Å². The molecule has 26 heavy (non-hydrogen) atoms. The zero-order valence-corrected chi connectivity index (χ0v) is 16.9. The minimum Gasteiger partial charge on any atom is -0.484 e. The predicted octanol–water partition coefficient (Wildman–Crippen LogP) is 4.87. The van der Waals surface area contributed by atoms with Crippen molar-refractivity contribution in [2.45, 2.75) is 53.4 Å². The maximum Gasteiger partial charge on any atom is 0.264 e. The van der Waals surface area contributed by atoms with E-state index >= 15 is 0 Å². The van der Waals surface area contributed by atoms with E-state index in [0.29, 0.717) is 22.2 Å². The first-order chi connectivity index (χ1) is 12.3. The van der Waals surface area contributed by atoms with Crippen LogP contribution in [0.3, 0.4) is 0 Å². The molecule has 1 aliphatic carbocycles. The number of carbonyl (C=O) groups is 1. The lowest BCUT2D eigenvalue weighted by Gasteiger charge is -2.33. The Morgan fingerprint density at radius 1 is 1.31 bits per heavy atom. The Kier molecular flexibility index (Phi) is 5.66. The van der Waals surface area contributed by atoms with Crippen molar-refractivity contribution in [2.24, 2.45) is 11.3 Å². The van der Waals surface area contributed by atoms with Crippen molar-refractivity contribution in [2.75, 3.05) is 11.9 Å². The van der Waals surface area contributed by atoms with E-state index in [-0.39, 0.29) is 12.5 Å². The van der Waals surface area contributed by atoms with Crippen molar-refractivity contribution >= 4 is 22.4 Å². The van der Waals surface area contributed by atoms with E-state index in [1.54, 1.807) is 11.3 Å². The molecule has 0 saturated heterocycles. The Bertz CT molecular complexity index is 759. The molecule has 0 fully saturated rings. The van der Waals surface area contributed by atoms with Gasteiger partial charge in [0.15, 0.2) is 11.7 Å². The van der Waals surface area contributed by atoms with E-state index in [1.165, 1.54) is 16.9 Å². The number of carbonyl (C=O) groups excluding carboxylic acids is 1. The van der Waals surface area contributed by atoms with Crippen molar-refractivity contribution < 1.29 is 9.53 Å². The quantitative estimate of drug-likeness (QED) is 0.814. The van der Waals surface area contributed by atoms with Crippen LogP contribution in [0.2, 0.25) is 0 Å². The van der Waals surface area contributed by atoms with Crippen LogP contribution in [0, 0.1) is 11.3 Å². The molecule has 5 heteroatoms. The Balaban J connectivity index is 1.54. The van der Waals surface area contributed by atoms with Gasteiger partial charge in [-0.1, -0.05) is 39.8 Å². The molecule has 0 unspecified atom stereocenters. The summed E-state index contributed by atoms with van der Waals surface area (Å²) in [5.74, 6) is 1.22. The highest BCUT2D eigenvalue weighted by Gasteiger charge is 2.30. The zero-order chi connectivity index (χ0) is 18.7. The average Bonchev–Trinajstić information content (AvgIpc) is 3.01. The summed E-state index contributed by atoms with van der Waals surface area (Å²) in [6, 6.07) is 7.85. The minimum atomic E-state index is -0.164. The SMILES string of the molecule is CCc1ccc(OCC(=O)Nc2nc3c(s2)C[C@H](C(C)(C)C)CC3)cc1. The summed E-state index contributed by atoms with van der Waals surface area (Å²) in [4.78, 5) is 18.1. The molecular formula is C21H28N2O2S. The van der Waals surface area contributed by atoms with Crippen LogP contribution in [-0.2, 0) is 24.1 Å². The lowest BCUT2D eigenvalue weighted by Crippen LogP contribution is -2.26. The lowest BCUT2D eigenvalue weighted by molar-refractivity contribution is -0.118. The molecule has 1 amide bonds. The molecule has 0 radical (unpaired) electrons. The second kappa shape index (κ2) is 7.78. The van der Waals surface area contributed by atoms with Crippen molar-refractivity contribution in [3.8, 4) is 5.75 Å². The number of aryl methyl sites for hydroxylation is 2. The number of nitrogens with zero attached hydrogens (tertiary/aromatic N) is 1. The predicted molar refractivity (Wildman–Crippen MR) is 107 cm³/mol. The molecule has 1 aliphatic rings. The van der Waals surface area contributed by atoms with Crippen LogP contribution in [-0.4, -0.2) is 17.5 Å². The fourth-order valence-corrected chi connectivity index (χ4v) is 4.40. The standard InChI is InChI=1S/C21H28N2O2S/c1-5-14-6-9-16(10-7-14)25-13-19(24)23-20-22-17-11-8-15(21(2,3)4)12-18(17)26-20/h6-7,9-10,15H,5,8,11-13H2,1-4H3,(H,22,23,24)/t15-/m1/s1. The number of fused-ring (bicyclic) bond motifs is 1. The van der Waals surface area contributed by atoms with E-state index < -0.39 is 0 Å². The van der Waals surface area contributed by atoms with Crippen LogP contribution in [0.15, 0.2) is 24.3 Å². The van der Waals surface area contributed by atoms with Crippen LogP contribution in [0.1, 0.15) is 50.3 Å². The van der Waals surface area contributed by atoms with Gasteiger partial charge in [0.2, 0.25) is 0 Å². The van der Waals surface area contributed by atoms with Gasteiger partial charge in [0, 0.05) is 4.88 Å². The summed E-state index contributed by atoms with van der Waals surface area (Å²) in [7, 11) is 0. The lowest BCUT2D eigenvalue weighted by atomic mass is 9.73. The third-order valence-electron chi connectivity index (χ3n) is 5.11. The monoisotopic (exact) mass is 372 g/mol. The molecule has 3 rings (SSSR count). The molecule has 1 heterocycles. The van der Waals surface area contributed by atoms with Crippen LogP contribution < -0.4 is 10.1 Å². The van der Waals surface area contributed by atoms with Gasteiger partial charge in [-0.15, -0.1) is 11.3 Å². The van der Waals surface area contributed by atoms with Gasteiger partial charge in [-0.25, -0.2) is 4.98 Å². The Labute approximate surface area is 160 Å². The molecule has 1 aromatic heterocycles. The molecule has 140 valence electrons. The second-order valence-corrected chi connectivity index (χ2v) is 9.11. The molecule has 4 nitrogen and oxygen atoms in total. The summed E-state index contributed by atoms with van der Waals surface area (Å²) in [6.45, 7) is 9.02. The number of hydrogen-bond donors (Lipinski definition) is 1. The Morgan fingerprint density at radius 3 is 2.69 bits per heavy atom. The summed E-state index contributed by atoms with van der Waals surface area (Å²) in [6.07, 6.45) is 4.23. The number of hydrogen-bond acceptors (Lipinski definition) is 4. The van der Waals surface area contributed by atoms with Gasteiger partial charge in [-0.3, -0.25) is 10.1 Å². The molecule has 0 spiro atoms. The zero-order valence-electron chi connectivity index (χ0n) is 16.1. The van der Waals surface area contributed by atoms with E-state index in [1.807, 2.05) is 24.3 Å². The fraction of sp³-hybridized carbons (Fsp3) is 0.524. The first-order valence-electron chi connectivity index (χ1n) is 9.35. The first kappa shape index (κ1) is 18.9. The smallest absolute Gasteiger partial charge is 0.264 e. The van der Waals surface area contributed by atoms with E-state index in [2.05, 4.69) is 38.0 Å². The highest BCUT2D eigenvalue weighted by Crippen LogP contribution is 2.40. The number of aromatic nitrogens is 1. The number of benzene rings is 1. The molecular weight excluding hydrogens is 344 g/mol. The Morgan fingerprint density at radius 2 is 2.04 bits per heavy atom. The van der Waals surface area contributed by atoms with Gasteiger partial charge in [0.1, 0.15) is 5.75 Å². The van der Waals surface area contributed by atoms with Gasteiger partial charge in [0.05, 0.1) is 5.69 Å². The number of nitrogens with one attached hydrogen (secondary N) is 1. The Hall–Kier alpha value is -1.88. The highest BCUT2D eigenvalue weighted by molar-refractivity contribution is 7.15. The van der Waals surface area contributed by atoms with Gasteiger partial charge in [0.25, 0.3) is 5.91 Å². The summed E-state index contributed by atoms with van der Waals surface area (Å²) >= 11 is 1.61. The van der Waals surface area contributed by atoms with Gasteiger partial charge in [-0.05, 0) is 54.7 Å². The molecule has 2 aromatic rings. The third-order valence-corrected chi connectivity index (χ3v) is 6.15. The maximum absolute atomic E-state index is 12.2. The number of thiazole rings is 1. The second-order valence-electron chi connectivity index (χ2n) is 8.03. The van der Waals surface area contributed by atoms with Crippen LogP contribution >= 0.6 is 11.3 Å². The van der Waals surface area contributed by atoms with Gasteiger partial charge >= 0.3 is 0 Å². The van der Waals surface area contributed by atoms with Crippen molar-refractivity contribution in [3.63, 3.8) is 0 Å². The van der Waals surface area contributed by atoms with Crippen LogP contribution in [0.5, 0.6) is 5.75 Å². The summed E-state index contributed by atoms with van der Waals surface area (Å²) in [5, 5.41) is 3.58. The molecule has 1 atom stereocenters. The summed E-state index contributed by atoms with van der Waals surface area (Å²) in [5.41, 5.74) is 2.72. The number of anilines is 1. The topological polar surface area (TPSA) is 51.2 Å². The maximum atomic E-state index is 12.2. The first-order valence-corrected chi connectivity index (χ1v) is 10.2. The molecule has 0 aliphatic heterocycles. The number of rotatable bonds is 5. The van der Waals surface area contributed by atoms with Gasteiger partial charge < -0.3 is 4.74 Å². The normalized spacial score (nSPS) is 16.8. The molecule has 1 N–H and O–H groups in total. The van der Waals surface area contributed by atoms with E-state index in [4.69, 9.17) is 4.74 Å². The third kappa shape index (κ3) is 4.64. The number of amides is 1. The van der Waals surface area contributed by atoms with Crippen molar-refractivity contribution in [1.29, 1.82) is 0 Å². The average molecular weight is 373 g/mol. The van der Waals surface area contributed by atoms with Gasteiger partial charge in [-0.2, -0.15) is 0 Å². The minimum absolute atomic E-state index is 0.000332. The largest absolute Gasteiger partial charge is 0.484 e. The highest BCUT2D eigenvalue weighted by atomic mass is 32.1. The number of ether oxygens (including phenoxy) is 1. The van der Waals surface area contributed by atoms with Crippen LogP contribution in [0.25, 0.3) is 0 Å². The van der Waals surface area contributed by atoms with Crippen molar-refractivity contribution in [3.05, 3.63) is 40.4 Å². The van der Waals surface area contributed by atoms with E-state index in [0.717, 1.165) is 25.0 Å². The fourth-order valence-electron chi connectivity index (χ4n) is 3.29. The molecule has 0 bridgehead atoms. The summed E-state index contributed by atoms with van der Waals surface area (Å²) < 4.78 is 5.57. The van der Waals surface area contributed by atoms with Crippen molar-refractivity contribution in [1.82, 2.24) is 4.98 Å². The van der Waals surface area contributed by atoms with E-state index in [9.17, 15) is 4.79 Å².